The normalized spacial score (nSPS) is 9.43. The van der Waals surface area contributed by atoms with Crippen molar-refractivity contribution < 1.29 is 4.39 Å². The Morgan fingerprint density at radius 1 is 1.86 bits per heavy atom. The van der Waals surface area contributed by atoms with Gasteiger partial charge in [0, 0.05) is 0 Å². The Morgan fingerprint density at radius 2 is 2.57 bits per heavy atom. The van der Waals surface area contributed by atoms with Crippen LogP contribution in [0.3, 0.4) is 0 Å². The molecule has 0 saturated carbocycles. The summed E-state index contributed by atoms with van der Waals surface area (Å²) < 4.78 is 11.7. The number of imidazole rings is 1. The van der Waals surface area contributed by atoms with E-state index in [-0.39, 0.29) is 0 Å². The largest absolute Gasteiger partial charge is 0.312 e. The topological polar surface area (TPSA) is 28.7 Å². The molecule has 1 aromatic rings. The third-order valence-electron chi connectivity index (χ3n) is 0.612. The van der Waals surface area contributed by atoms with E-state index in [1.54, 1.807) is 6.92 Å². The van der Waals surface area contributed by atoms with Crippen LogP contribution in [0.25, 0.3) is 0 Å². The molecule has 0 aromatic carbocycles. The zero-order chi connectivity index (χ0) is 5.28. The highest BCUT2D eigenvalue weighted by Gasteiger charge is 1.89. The molecule has 1 radical (unpaired) electrons. The SMILES string of the molecule is Cc1[c][nH]c(F)n1. The smallest absolute Gasteiger partial charge is 0.287 e. The van der Waals surface area contributed by atoms with Crippen molar-refractivity contribution in [2.75, 3.05) is 0 Å². The highest BCUT2D eigenvalue weighted by Crippen LogP contribution is 1.88. The summed E-state index contributed by atoms with van der Waals surface area (Å²) in [5.41, 5.74) is 0.553. The van der Waals surface area contributed by atoms with Crippen LogP contribution < -0.4 is 0 Å². The van der Waals surface area contributed by atoms with Crippen molar-refractivity contribution in [2.45, 2.75) is 6.92 Å². The summed E-state index contributed by atoms with van der Waals surface area (Å²) in [6.45, 7) is 1.67. The van der Waals surface area contributed by atoms with E-state index in [0.29, 0.717) is 5.69 Å². The number of aryl methyl sites for hydroxylation is 1. The van der Waals surface area contributed by atoms with E-state index in [2.05, 4.69) is 16.2 Å². The zero-order valence-electron chi connectivity index (χ0n) is 3.83. The van der Waals surface area contributed by atoms with Crippen molar-refractivity contribution in [2.24, 2.45) is 0 Å². The summed E-state index contributed by atoms with van der Waals surface area (Å²) >= 11 is 0. The van der Waals surface area contributed by atoms with E-state index in [1.165, 1.54) is 0 Å². The number of nitrogens with one attached hydrogen (secondary N) is 1. The van der Waals surface area contributed by atoms with Crippen molar-refractivity contribution in [3.8, 4) is 0 Å². The fourth-order valence-electron chi connectivity index (χ4n) is 0.345. The van der Waals surface area contributed by atoms with Gasteiger partial charge in [-0.05, 0) is 6.92 Å². The molecule has 0 saturated heterocycles. The standard InChI is InChI=1S/C4H4FN2/c1-3-2-6-4(5)7-3/h1H3,(H,6,7). The predicted octanol–water partition coefficient (Wildman–Crippen LogP) is 0.657. The molecule has 7 heavy (non-hydrogen) atoms. The molecule has 0 amide bonds. The molecule has 1 heterocycles. The second-order valence-electron chi connectivity index (χ2n) is 1.24. The highest BCUT2D eigenvalue weighted by molar-refractivity contribution is 4.87. The van der Waals surface area contributed by atoms with Gasteiger partial charge in [0.15, 0.2) is 0 Å². The van der Waals surface area contributed by atoms with E-state index in [1.807, 2.05) is 0 Å². The fourth-order valence-corrected chi connectivity index (χ4v) is 0.345. The molecule has 1 N–H and O–H groups in total. The van der Waals surface area contributed by atoms with Crippen LogP contribution in [0.15, 0.2) is 0 Å². The van der Waals surface area contributed by atoms with E-state index >= 15 is 0 Å². The van der Waals surface area contributed by atoms with Crippen LogP contribution >= 0.6 is 0 Å². The van der Waals surface area contributed by atoms with Gasteiger partial charge in [-0.25, -0.2) is 4.98 Å². The van der Waals surface area contributed by atoms with Crippen LogP contribution in [0.1, 0.15) is 5.69 Å². The minimum atomic E-state index is -0.572. The summed E-state index contributed by atoms with van der Waals surface area (Å²) in [7, 11) is 0. The van der Waals surface area contributed by atoms with Crippen LogP contribution in [0.5, 0.6) is 0 Å². The first-order chi connectivity index (χ1) is 3.29. The average molecular weight is 99.1 g/mol. The van der Waals surface area contributed by atoms with Gasteiger partial charge < -0.3 is 4.98 Å². The second kappa shape index (κ2) is 1.33. The van der Waals surface area contributed by atoms with Crippen LogP contribution in [0.4, 0.5) is 4.39 Å². The lowest BCUT2D eigenvalue weighted by Crippen LogP contribution is -1.71. The molecular weight excluding hydrogens is 95.1 g/mol. The second-order valence-corrected chi connectivity index (χ2v) is 1.24. The summed E-state index contributed by atoms with van der Waals surface area (Å²) in [6.07, 6.45) is 1.89. The van der Waals surface area contributed by atoms with Gasteiger partial charge in [0.1, 0.15) is 0 Å². The van der Waals surface area contributed by atoms with Crippen LogP contribution in [0, 0.1) is 19.2 Å². The quantitative estimate of drug-likeness (QED) is 0.508. The molecule has 1 aromatic heterocycles. The molecule has 0 unspecified atom stereocenters. The van der Waals surface area contributed by atoms with E-state index in [0.717, 1.165) is 0 Å². The average Bonchev–Trinajstić information content (AvgIpc) is 1.87. The molecule has 1 rings (SSSR count). The lowest BCUT2D eigenvalue weighted by molar-refractivity contribution is 0.550. The minimum Gasteiger partial charge on any atom is -0.312 e. The number of hydrogen-bond acceptors (Lipinski definition) is 1. The van der Waals surface area contributed by atoms with E-state index < -0.39 is 6.08 Å². The van der Waals surface area contributed by atoms with Crippen molar-refractivity contribution in [1.29, 1.82) is 0 Å². The number of aromatic amines is 1. The van der Waals surface area contributed by atoms with Crippen molar-refractivity contribution in [3.05, 3.63) is 18.0 Å². The summed E-state index contributed by atoms with van der Waals surface area (Å²) in [5.74, 6) is 0. The Balaban J connectivity index is 3.04. The first-order valence-corrected chi connectivity index (χ1v) is 1.89. The third kappa shape index (κ3) is 0.765. The number of rotatable bonds is 0. The Hall–Kier alpha value is -0.860. The van der Waals surface area contributed by atoms with E-state index in [4.69, 9.17) is 0 Å². The van der Waals surface area contributed by atoms with Crippen molar-refractivity contribution >= 4 is 0 Å². The van der Waals surface area contributed by atoms with Gasteiger partial charge in [-0.1, -0.05) is 0 Å². The highest BCUT2D eigenvalue weighted by atomic mass is 19.1. The Morgan fingerprint density at radius 3 is 2.71 bits per heavy atom. The van der Waals surface area contributed by atoms with Crippen LogP contribution in [-0.4, -0.2) is 9.97 Å². The molecule has 0 aliphatic carbocycles. The summed E-state index contributed by atoms with van der Waals surface area (Å²) in [6, 6.07) is 0. The number of halogens is 1. The first kappa shape index (κ1) is 4.30. The van der Waals surface area contributed by atoms with Gasteiger partial charge in [0.2, 0.25) is 0 Å². The van der Waals surface area contributed by atoms with Gasteiger partial charge in [-0.3, -0.25) is 0 Å². The van der Waals surface area contributed by atoms with Crippen LogP contribution in [0.2, 0.25) is 0 Å². The molecule has 2 nitrogen and oxygen atoms in total. The third-order valence-corrected chi connectivity index (χ3v) is 0.612. The fraction of sp³-hybridized carbons (Fsp3) is 0.250. The van der Waals surface area contributed by atoms with Gasteiger partial charge in [-0.15, -0.1) is 0 Å². The number of H-pyrrole nitrogens is 1. The molecule has 37 valence electrons. The lowest BCUT2D eigenvalue weighted by Gasteiger charge is -1.66. The van der Waals surface area contributed by atoms with Gasteiger partial charge in [0.05, 0.1) is 11.9 Å². The summed E-state index contributed by atoms with van der Waals surface area (Å²) in [4.78, 5) is 5.50. The van der Waals surface area contributed by atoms with E-state index in [9.17, 15) is 4.39 Å². The van der Waals surface area contributed by atoms with Crippen molar-refractivity contribution in [1.82, 2.24) is 9.97 Å². The maximum absolute atomic E-state index is 11.7. The van der Waals surface area contributed by atoms with Crippen LogP contribution in [-0.2, 0) is 0 Å². The molecule has 0 bridgehead atoms. The molecule has 0 aliphatic rings. The molecule has 0 aliphatic heterocycles. The molecule has 0 atom stereocenters. The summed E-state index contributed by atoms with van der Waals surface area (Å²) in [5, 5.41) is 0. The maximum atomic E-state index is 11.7. The Bertz CT molecular complexity index is 142. The molecule has 0 spiro atoms. The number of hydrogen-bond donors (Lipinski definition) is 1. The van der Waals surface area contributed by atoms with Crippen molar-refractivity contribution in [3.63, 3.8) is 0 Å². The monoisotopic (exact) mass is 99.0 g/mol. The number of aromatic nitrogens is 2. The number of nitrogens with zero attached hydrogens (tertiary/aromatic N) is 1. The van der Waals surface area contributed by atoms with Gasteiger partial charge >= 0.3 is 0 Å². The Kier molecular flexibility index (Phi) is 0.817. The molecular formula is C4H4FN2. The zero-order valence-corrected chi connectivity index (χ0v) is 3.83. The Labute approximate surface area is 40.4 Å². The van der Waals surface area contributed by atoms with Gasteiger partial charge in [0.25, 0.3) is 6.08 Å². The minimum absolute atomic E-state index is 0.553. The lowest BCUT2D eigenvalue weighted by atomic mass is 10.6. The first-order valence-electron chi connectivity index (χ1n) is 1.89. The maximum Gasteiger partial charge on any atom is 0.287 e. The van der Waals surface area contributed by atoms with Gasteiger partial charge in [-0.2, -0.15) is 4.39 Å². The predicted molar refractivity (Wildman–Crippen MR) is 22.1 cm³/mol. The molecule has 3 heteroatoms. The molecule has 0 fully saturated rings.